The van der Waals surface area contributed by atoms with Crippen LogP contribution in [0.25, 0.3) is 0 Å². The van der Waals surface area contributed by atoms with Crippen molar-refractivity contribution >= 4 is 15.9 Å². The fraction of sp³-hybridized carbons (Fsp3) is 0.571. The summed E-state index contributed by atoms with van der Waals surface area (Å²) in [7, 11) is 0. The quantitative estimate of drug-likeness (QED) is 0.774. The van der Waals surface area contributed by atoms with Gasteiger partial charge >= 0.3 is 0 Å². The second-order valence-corrected chi connectivity index (χ2v) is 5.54. The molecule has 0 amide bonds. The Morgan fingerprint density at radius 1 is 1.12 bits per heavy atom. The minimum absolute atomic E-state index is 0.434. The number of hydrogen-bond donors (Lipinski definition) is 0. The minimum atomic E-state index is 0.434. The summed E-state index contributed by atoms with van der Waals surface area (Å²) in [4.78, 5) is 0. The molecule has 1 aliphatic carbocycles. The normalized spacial score (nSPS) is 25.4. The zero-order chi connectivity index (χ0) is 11.4. The number of rotatable bonds is 3. The maximum Gasteiger partial charge on any atom is 0.119 e. The molecule has 1 fully saturated rings. The van der Waals surface area contributed by atoms with Crippen molar-refractivity contribution in [1.82, 2.24) is 0 Å². The van der Waals surface area contributed by atoms with Gasteiger partial charge in [0.05, 0.1) is 6.10 Å². The van der Waals surface area contributed by atoms with E-state index >= 15 is 0 Å². The average Bonchev–Trinajstić information content (AvgIpc) is 2.33. The number of benzene rings is 1. The first-order valence-corrected chi connectivity index (χ1v) is 6.99. The smallest absolute Gasteiger partial charge is 0.119 e. The van der Waals surface area contributed by atoms with E-state index in [1.165, 1.54) is 32.1 Å². The van der Waals surface area contributed by atoms with Gasteiger partial charge in [-0.05, 0) is 55.9 Å². The number of ether oxygens (including phenoxy) is 1. The molecule has 88 valence electrons. The van der Waals surface area contributed by atoms with Gasteiger partial charge in [-0.3, -0.25) is 0 Å². The Kier molecular flexibility index (Phi) is 4.28. The van der Waals surface area contributed by atoms with Crippen LogP contribution in [0.5, 0.6) is 5.75 Å². The Bertz CT molecular complexity index is 312. The zero-order valence-corrected chi connectivity index (χ0v) is 11.4. The van der Waals surface area contributed by atoms with Crippen LogP contribution >= 0.6 is 15.9 Å². The van der Waals surface area contributed by atoms with Gasteiger partial charge in [0.1, 0.15) is 5.75 Å². The lowest BCUT2D eigenvalue weighted by molar-refractivity contribution is 0.130. The summed E-state index contributed by atoms with van der Waals surface area (Å²) < 4.78 is 7.09. The van der Waals surface area contributed by atoms with Crippen LogP contribution in [0.4, 0.5) is 0 Å². The van der Waals surface area contributed by atoms with E-state index < -0.39 is 0 Å². The molecule has 2 heteroatoms. The van der Waals surface area contributed by atoms with Crippen molar-refractivity contribution in [3.05, 3.63) is 28.7 Å². The molecule has 0 saturated heterocycles. The third kappa shape index (κ3) is 3.24. The molecular weight excluding hydrogens is 264 g/mol. The SMILES string of the molecule is CCC1CCC(Oc2ccc(Br)cc2)CC1. The predicted molar refractivity (Wildman–Crippen MR) is 70.8 cm³/mol. The van der Waals surface area contributed by atoms with E-state index in [2.05, 4.69) is 22.9 Å². The summed E-state index contributed by atoms with van der Waals surface area (Å²) in [5, 5.41) is 0. The first kappa shape index (κ1) is 12.0. The summed E-state index contributed by atoms with van der Waals surface area (Å²) in [6, 6.07) is 8.14. The largest absolute Gasteiger partial charge is 0.490 e. The van der Waals surface area contributed by atoms with E-state index in [1.54, 1.807) is 0 Å². The highest BCUT2D eigenvalue weighted by atomic mass is 79.9. The Balaban J connectivity index is 1.84. The predicted octanol–water partition coefficient (Wildman–Crippen LogP) is 4.80. The molecule has 1 aliphatic rings. The minimum Gasteiger partial charge on any atom is -0.490 e. The second-order valence-electron chi connectivity index (χ2n) is 4.62. The van der Waals surface area contributed by atoms with E-state index in [0.717, 1.165) is 16.1 Å². The topological polar surface area (TPSA) is 9.23 Å². The van der Waals surface area contributed by atoms with Crippen LogP contribution in [-0.4, -0.2) is 6.10 Å². The van der Waals surface area contributed by atoms with Crippen molar-refractivity contribution in [2.45, 2.75) is 45.1 Å². The molecule has 0 heterocycles. The van der Waals surface area contributed by atoms with Crippen molar-refractivity contribution in [1.29, 1.82) is 0 Å². The van der Waals surface area contributed by atoms with E-state index in [1.807, 2.05) is 24.3 Å². The molecule has 1 aromatic rings. The molecule has 0 aromatic heterocycles. The lowest BCUT2D eigenvalue weighted by atomic mass is 9.86. The van der Waals surface area contributed by atoms with Crippen LogP contribution in [0, 0.1) is 5.92 Å². The van der Waals surface area contributed by atoms with Crippen LogP contribution < -0.4 is 4.74 Å². The second kappa shape index (κ2) is 5.72. The van der Waals surface area contributed by atoms with Crippen molar-refractivity contribution < 1.29 is 4.74 Å². The molecule has 0 N–H and O–H groups in total. The number of halogens is 1. The van der Waals surface area contributed by atoms with Crippen molar-refractivity contribution in [3.63, 3.8) is 0 Å². The van der Waals surface area contributed by atoms with Gasteiger partial charge in [-0.1, -0.05) is 29.3 Å². The Labute approximate surface area is 106 Å². The summed E-state index contributed by atoms with van der Waals surface area (Å²) >= 11 is 3.43. The van der Waals surface area contributed by atoms with Gasteiger partial charge in [-0.2, -0.15) is 0 Å². The first-order chi connectivity index (χ1) is 7.78. The molecule has 0 radical (unpaired) electrons. The summed E-state index contributed by atoms with van der Waals surface area (Å²) in [5.41, 5.74) is 0. The van der Waals surface area contributed by atoms with Crippen LogP contribution in [0.15, 0.2) is 28.7 Å². The first-order valence-electron chi connectivity index (χ1n) is 6.20. The van der Waals surface area contributed by atoms with Crippen molar-refractivity contribution in [2.75, 3.05) is 0 Å². The standard InChI is InChI=1S/C14H19BrO/c1-2-11-3-7-13(8-4-11)16-14-9-5-12(15)6-10-14/h5-6,9-11,13H,2-4,7-8H2,1H3. The van der Waals surface area contributed by atoms with E-state index in [0.29, 0.717) is 6.10 Å². The summed E-state index contributed by atoms with van der Waals surface area (Å²) in [5.74, 6) is 1.94. The Morgan fingerprint density at radius 2 is 1.75 bits per heavy atom. The van der Waals surface area contributed by atoms with Gasteiger partial charge in [0.2, 0.25) is 0 Å². The fourth-order valence-electron chi connectivity index (χ4n) is 2.36. The summed E-state index contributed by atoms with van der Waals surface area (Å²) in [6.45, 7) is 2.29. The van der Waals surface area contributed by atoms with Gasteiger partial charge in [0.25, 0.3) is 0 Å². The van der Waals surface area contributed by atoms with Crippen molar-refractivity contribution in [3.8, 4) is 5.75 Å². The molecule has 0 unspecified atom stereocenters. The average molecular weight is 283 g/mol. The molecule has 0 bridgehead atoms. The molecule has 1 saturated carbocycles. The maximum atomic E-state index is 5.98. The zero-order valence-electron chi connectivity index (χ0n) is 9.79. The highest BCUT2D eigenvalue weighted by Gasteiger charge is 2.20. The third-order valence-electron chi connectivity index (χ3n) is 3.49. The van der Waals surface area contributed by atoms with Gasteiger partial charge in [-0.15, -0.1) is 0 Å². The van der Waals surface area contributed by atoms with E-state index in [-0.39, 0.29) is 0 Å². The van der Waals surface area contributed by atoms with E-state index in [4.69, 9.17) is 4.74 Å². The molecule has 2 rings (SSSR count). The van der Waals surface area contributed by atoms with Crippen molar-refractivity contribution in [2.24, 2.45) is 5.92 Å². The van der Waals surface area contributed by atoms with Crippen LogP contribution in [-0.2, 0) is 0 Å². The Hall–Kier alpha value is -0.500. The van der Waals surface area contributed by atoms with Gasteiger partial charge < -0.3 is 4.74 Å². The monoisotopic (exact) mass is 282 g/mol. The number of hydrogen-bond acceptors (Lipinski definition) is 1. The van der Waals surface area contributed by atoms with Gasteiger partial charge in [0.15, 0.2) is 0 Å². The van der Waals surface area contributed by atoms with Gasteiger partial charge in [0, 0.05) is 4.47 Å². The highest BCUT2D eigenvalue weighted by molar-refractivity contribution is 9.10. The molecule has 1 nitrogen and oxygen atoms in total. The highest BCUT2D eigenvalue weighted by Crippen LogP contribution is 2.29. The lowest BCUT2D eigenvalue weighted by Gasteiger charge is -2.28. The molecule has 0 aliphatic heterocycles. The molecule has 0 spiro atoms. The van der Waals surface area contributed by atoms with E-state index in [9.17, 15) is 0 Å². The summed E-state index contributed by atoms with van der Waals surface area (Å²) in [6.07, 6.45) is 6.85. The van der Waals surface area contributed by atoms with Crippen LogP contribution in [0.1, 0.15) is 39.0 Å². The molecular formula is C14H19BrO. The lowest BCUT2D eigenvalue weighted by Crippen LogP contribution is -2.23. The van der Waals surface area contributed by atoms with Crippen LogP contribution in [0.2, 0.25) is 0 Å². The third-order valence-corrected chi connectivity index (χ3v) is 4.02. The van der Waals surface area contributed by atoms with Crippen LogP contribution in [0.3, 0.4) is 0 Å². The molecule has 1 aromatic carbocycles. The maximum absolute atomic E-state index is 5.98. The molecule has 16 heavy (non-hydrogen) atoms. The Morgan fingerprint density at radius 3 is 2.31 bits per heavy atom. The fourth-order valence-corrected chi connectivity index (χ4v) is 2.63. The van der Waals surface area contributed by atoms with Gasteiger partial charge in [-0.25, -0.2) is 0 Å². The molecule has 0 atom stereocenters.